The first-order valence-corrected chi connectivity index (χ1v) is 5.54. The van der Waals surface area contributed by atoms with Gasteiger partial charge in [-0.05, 0) is 4.31 Å². The third-order valence-corrected chi connectivity index (χ3v) is 3.28. The minimum atomic E-state index is -4.59. The minimum absolute atomic E-state index is 0.602. The molecule has 0 aliphatic carbocycles. The van der Waals surface area contributed by atoms with E-state index in [1.807, 2.05) is 0 Å². The maximum absolute atomic E-state index is 10.8. The Labute approximate surface area is 73.0 Å². The Bertz CT molecular complexity index is 285. The molecule has 1 aliphatic heterocycles. The highest BCUT2D eigenvalue weighted by Crippen LogP contribution is 2.55. The van der Waals surface area contributed by atoms with Crippen LogP contribution in [-0.2, 0) is 27.3 Å². The summed E-state index contributed by atoms with van der Waals surface area (Å²) in [5.41, 5.74) is 0. The maximum Gasteiger partial charge on any atom is 0.708 e. The van der Waals surface area contributed by atoms with Crippen LogP contribution in [0.15, 0.2) is 0 Å². The second kappa shape index (κ2) is 3.79. The molecule has 0 spiro atoms. The van der Waals surface area contributed by atoms with Gasteiger partial charge >= 0.3 is 22.0 Å². The molecule has 3 unspecified atom stereocenters. The fourth-order valence-corrected chi connectivity index (χ4v) is 2.31. The molecule has 13 heavy (non-hydrogen) atoms. The molecule has 1 fully saturated rings. The average molecular weight is 231 g/mol. The van der Waals surface area contributed by atoms with Crippen LogP contribution in [0.2, 0.25) is 0 Å². The van der Waals surface area contributed by atoms with Crippen molar-refractivity contribution in [3.63, 3.8) is 0 Å². The molecule has 1 aliphatic rings. The number of rotatable bonds is 1. The molecule has 0 amide bonds. The Morgan fingerprint density at radius 1 is 1.62 bits per heavy atom. The molecule has 1 saturated heterocycles. The zero-order chi connectivity index (χ0) is 10.1. The number of carbonyl (C=O) groups is 1. The number of phosphoric acid groups is 1. The first-order valence-electron chi connectivity index (χ1n) is 2.94. The normalized spacial score (nSPS) is 38.2. The number of carboxylic acids is 1. The van der Waals surface area contributed by atoms with E-state index >= 15 is 0 Å². The van der Waals surface area contributed by atoms with Crippen LogP contribution in [0.1, 0.15) is 0 Å². The Balaban J connectivity index is 2.79. The predicted molar refractivity (Wildman–Crippen MR) is 37.0 cm³/mol. The number of hydrogen-bond acceptors (Lipinski definition) is 6. The lowest BCUT2D eigenvalue weighted by atomic mass is 10.4. The summed E-state index contributed by atoms with van der Waals surface area (Å²) in [5.74, 6) is -1.50. The molecule has 3 atom stereocenters. The van der Waals surface area contributed by atoms with E-state index in [0.29, 0.717) is 0 Å². The van der Waals surface area contributed by atoms with Crippen LogP contribution in [0.25, 0.3) is 0 Å². The highest BCUT2D eigenvalue weighted by atomic mass is 31.2. The highest BCUT2D eigenvalue weighted by molar-refractivity contribution is 7.56. The third-order valence-electron chi connectivity index (χ3n) is 1.04. The van der Waals surface area contributed by atoms with E-state index < -0.39 is 34.8 Å². The van der Waals surface area contributed by atoms with Crippen molar-refractivity contribution in [1.82, 2.24) is 0 Å². The summed E-state index contributed by atoms with van der Waals surface area (Å²) >= 11 is 0. The quantitative estimate of drug-likeness (QED) is 0.616. The molecule has 1 heterocycles. The molecule has 0 aromatic rings. The highest BCUT2D eigenvalue weighted by Gasteiger charge is 2.46. The molecule has 0 aromatic carbocycles. The van der Waals surface area contributed by atoms with Gasteiger partial charge in [0.15, 0.2) is 6.10 Å². The summed E-state index contributed by atoms with van der Waals surface area (Å²) in [6.45, 7) is -0.602. The van der Waals surface area contributed by atoms with Crippen molar-refractivity contribution >= 4 is 22.0 Å². The number of phosphoric ester groups is 1. The van der Waals surface area contributed by atoms with Gasteiger partial charge in [0, 0.05) is 4.57 Å². The summed E-state index contributed by atoms with van der Waals surface area (Å²) in [6, 6.07) is 0. The summed E-state index contributed by atoms with van der Waals surface area (Å²) in [5, 5.41) is 8.39. The van der Waals surface area contributed by atoms with Gasteiger partial charge in [0.05, 0.1) is 0 Å². The Morgan fingerprint density at radius 3 is 2.77 bits per heavy atom. The van der Waals surface area contributed by atoms with Crippen molar-refractivity contribution < 1.29 is 37.3 Å². The lowest BCUT2D eigenvalue weighted by molar-refractivity contribution is -0.146. The van der Waals surface area contributed by atoms with Crippen LogP contribution in [-0.4, -0.2) is 28.7 Å². The Hall–Kier alpha value is -0.360. The van der Waals surface area contributed by atoms with Gasteiger partial charge in [0.1, 0.15) is 6.61 Å². The van der Waals surface area contributed by atoms with Crippen LogP contribution in [0.3, 0.4) is 0 Å². The topological polar surface area (TPSA) is 119 Å². The zero-order valence-corrected chi connectivity index (χ0v) is 7.81. The van der Waals surface area contributed by atoms with Crippen LogP contribution in [0.5, 0.6) is 0 Å². The molecule has 2 N–H and O–H groups in total. The largest absolute Gasteiger partial charge is 0.708 e. The molecule has 0 saturated carbocycles. The average Bonchev–Trinajstić information content (AvgIpc) is 2.07. The van der Waals surface area contributed by atoms with E-state index in [1.54, 1.807) is 0 Å². The van der Waals surface area contributed by atoms with Crippen molar-refractivity contribution in [1.29, 1.82) is 0 Å². The van der Waals surface area contributed by atoms with E-state index in [2.05, 4.69) is 13.4 Å². The van der Waals surface area contributed by atoms with Crippen LogP contribution >= 0.6 is 16.1 Å². The summed E-state index contributed by atoms with van der Waals surface area (Å²) < 4.78 is 33.6. The fourth-order valence-electron chi connectivity index (χ4n) is 0.563. The van der Waals surface area contributed by atoms with Gasteiger partial charge in [-0.1, -0.05) is 0 Å². The second-order valence-corrected chi connectivity index (χ2v) is 4.51. The van der Waals surface area contributed by atoms with Gasteiger partial charge in [0.25, 0.3) is 0 Å². The molecule has 10 heteroatoms. The first-order chi connectivity index (χ1) is 5.91. The zero-order valence-electron chi connectivity index (χ0n) is 6.02. The van der Waals surface area contributed by atoms with Gasteiger partial charge in [-0.2, -0.15) is 0 Å². The monoisotopic (exact) mass is 231 g/mol. The van der Waals surface area contributed by atoms with E-state index in [1.165, 1.54) is 0 Å². The Morgan fingerprint density at radius 2 is 2.23 bits per heavy atom. The van der Waals surface area contributed by atoms with E-state index in [4.69, 9.17) is 10.00 Å². The van der Waals surface area contributed by atoms with Gasteiger partial charge in [-0.25, -0.2) is 9.36 Å². The van der Waals surface area contributed by atoms with Crippen molar-refractivity contribution in [2.45, 2.75) is 6.10 Å². The van der Waals surface area contributed by atoms with E-state index in [9.17, 15) is 13.9 Å². The predicted octanol–water partition coefficient (Wildman–Crippen LogP) is 0.261. The summed E-state index contributed by atoms with van der Waals surface area (Å²) in [7, 11) is -7.39. The SMILES string of the molecule is O=C(O)C1CO[P+](=O)OP(=O)(O)O1. The summed E-state index contributed by atoms with van der Waals surface area (Å²) in [4.78, 5) is 19.0. The van der Waals surface area contributed by atoms with E-state index in [-0.39, 0.29) is 0 Å². The van der Waals surface area contributed by atoms with E-state index in [0.717, 1.165) is 0 Å². The summed E-state index contributed by atoms with van der Waals surface area (Å²) in [6.07, 6.45) is -1.66. The van der Waals surface area contributed by atoms with Gasteiger partial charge in [0.2, 0.25) is 0 Å². The number of carboxylic acid groups (broad SMARTS) is 1. The third kappa shape index (κ3) is 3.11. The molecule has 74 valence electrons. The van der Waals surface area contributed by atoms with Crippen molar-refractivity contribution in [2.24, 2.45) is 0 Å². The van der Waals surface area contributed by atoms with Gasteiger partial charge < -0.3 is 5.11 Å². The fraction of sp³-hybridized carbons (Fsp3) is 0.667. The Kier molecular flexibility index (Phi) is 3.13. The molecule has 8 nitrogen and oxygen atoms in total. The lowest BCUT2D eigenvalue weighted by Gasteiger charge is -2.06. The molecule has 0 bridgehead atoms. The lowest BCUT2D eigenvalue weighted by Crippen LogP contribution is -2.25. The molecular weight excluding hydrogens is 226 g/mol. The number of hydrogen-bond donors (Lipinski definition) is 2. The first kappa shape index (κ1) is 10.7. The second-order valence-electron chi connectivity index (χ2n) is 2.00. The van der Waals surface area contributed by atoms with Crippen LogP contribution in [0.4, 0.5) is 0 Å². The minimum Gasteiger partial charge on any atom is -0.479 e. The molecular formula is C3H5O8P2+. The molecule has 0 radical (unpaired) electrons. The smallest absolute Gasteiger partial charge is 0.479 e. The van der Waals surface area contributed by atoms with Crippen molar-refractivity contribution in [2.75, 3.05) is 6.61 Å². The van der Waals surface area contributed by atoms with Crippen LogP contribution in [0, 0.1) is 0 Å². The van der Waals surface area contributed by atoms with Crippen molar-refractivity contribution in [3.05, 3.63) is 0 Å². The van der Waals surface area contributed by atoms with Crippen LogP contribution < -0.4 is 0 Å². The molecule has 0 aromatic heterocycles. The maximum atomic E-state index is 10.8. The van der Waals surface area contributed by atoms with Gasteiger partial charge in [-0.15, -0.1) is 4.52 Å². The standard InChI is InChI=1S/C3H4O8P2/c4-3(5)2-1-9-12(6)11-13(7,8)10-2/h2H,1H2,(H-,4,5,7,8)/p+1. The molecule has 1 rings (SSSR count). The van der Waals surface area contributed by atoms with Gasteiger partial charge in [-0.3, -0.25) is 9.42 Å². The number of aliphatic carboxylic acids is 1. The van der Waals surface area contributed by atoms with Crippen molar-refractivity contribution in [3.8, 4) is 0 Å².